The summed E-state index contributed by atoms with van der Waals surface area (Å²) in [6.45, 7) is 0.573. The van der Waals surface area contributed by atoms with Gasteiger partial charge in [0, 0.05) is 18.3 Å². The molecule has 28 heavy (non-hydrogen) atoms. The summed E-state index contributed by atoms with van der Waals surface area (Å²) in [6.07, 6.45) is 3.52. The average Bonchev–Trinajstić information content (AvgIpc) is 3.06. The topological polar surface area (TPSA) is 71.5 Å². The van der Waals surface area contributed by atoms with Crippen molar-refractivity contribution in [2.45, 2.75) is 31.3 Å². The molecule has 1 aromatic heterocycles. The lowest BCUT2D eigenvalue weighted by atomic mass is 9.86. The summed E-state index contributed by atoms with van der Waals surface area (Å²) >= 11 is 1.88. The van der Waals surface area contributed by atoms with Gasteiger partial charge in [0.25, 0.3) is 5.91 Å². The van der Waals surface area contributed by atoms with Gasteiger partial charge < -0.3 is 15.0 Å². The third-order valence-electron chi connectivity index (χ3n) is 5.55. The number of hydrogen-bond acceptors (Lipinski definition) is 5. The summed E-state index contributed by atoms with van der Waals surface area (Å²) in [5, 5.41) is 2.92. The van der Waals surface area contributed by atoms with Gasteiger partial charge >= 0.3 is 0 Å². The van der Waals surface area contributed by atoms with E-state index in [0.717, 1.165) is 35.5 Å². The first-order chi connectivity index (χ1) is 13.6. The van der Waals surface area contributed by atoms with Crippen molar-refractivity contribution in [1.29, 1.82) is 0 Å². The molecule has 0 bridgehead atoms. The number of fused-ring (bicyclic) bond motifs is 1. The molecule has 2 amide bonds. The maximum Gasteiger partial charge on any atom is 0.254 e. The maximum atomic E-state index is 13.1. The summed E-state index contributed by atoms with van der Waals surface area (Å²) in [7, 11) is 1.53. The lowest BCUT2D eigenvalue weighted by molar-refractivity contribution is -0.119. The van der Waals surface area contributed by atoms with Crippen LogP contribution < -0.4 is 10.1 Å². The van der Waals surface area contributed by atoms with Crippen molar-refractivity contribution in [1.82, 2.24) is 9.88 Å². The first-order valence-electron chi connectivity index (χ1n) is 9.39. The molecule has 0 unspecified atom stereocenters. The number of nitrogens with one attached hydrogen (secondary N) is 1. The van der Waals surface area contributed by atoms with E-state index in [-0.39, 0.29) is 18.2 Å². The van der Waals surface area contributed by atoms with Crippen LogP contribution in [0.5, 0.6) is 5.88 Å². The Hall–Kier alpha value is -2.54. The number of anilines is 1. The number of carbonyl (C=O) groups is 2. The molecular weight excluding hydrogens is 374 g/mol. The molecule has 3 heterocycles. The van der Waals surface area contributed by atoms with Crippen molar-refractivity contribution < 1.29 is 14.3 Å². The van der Waals surface area contributed by atoms with Gasteiger partial charge in [0.1, 0.15) is 5.69 Å². The zero-order valence-electron chi connectivity index (χ0n) is 15.8. The molecule has 0 aliphatic carbocycles. The number of hydrogen-bond donors (Lipinski definition) is 1. The van der Waals surface area contributed by atoms with E-state index in [2.05, 4.69) is 10.3 Å². The normalized spacial score (nSPS) is 17.9. The van der Waals surface area contributed by atoms with Gasteiger partial charge in [-0.25, -0.2) is 4.98 Å². The van der Waals surface area contributed by atoms with E-state index in [1.165, 1.54) is 7.11 Å². The molecule has 4 rings (SSSR count). The third-order valence-corrected chi connectivity index (χ3v) is 6.53. The van der Waals surface area contributed by atoms with Gasteiger partial charge in [0.05, 0.1) is 19.1 Å². The molecule has 1 aromatic carbocycles. The van der Waals surface area contributed by atoms with Crippen molar-refractivity contribution in [2.75, 3.05) is 23.9 Å². The van der Waals surface area contributed by atoms with Crippen molar-refractivity contribution >= 4 is 29.3 Å². The fourth-order valence-electron chi connectivity index (χ4n) is 4.07. The number of pyridine rings is 1. The van der Waals surface area contributed by atoms with Crippen LogP contribution in [0.3, 0.4) is 0 Å². The molecule has 2 aliphatic rings. The molecule has 2 aromatic rings. The van der Waals surface area contributed by atoms with Crippen LogP contribution in [-0.2, 0) is 11.3 Å². The van der Waals surface area contributed by atoms with Crippen LogP contribution in [0.1, 0.15) is 35.2 Å². The fraction of sp³-hybridized carbons (Fsp3) is 0.381. The van der Waals surface area contributed by atoms with Gasteiger partial charge in [-0.15, -0.1) is 0 Å². The first-order valence-corrected chi connectivity index (χ1v) is 10.5. The highest BCUT2D eigenvalue weighted by atomic mass is 32.2. The Morgan fingerprint density at radius 1 is 1.25 bits per heavy atom. The summed E-state index contributed by atoms with van der Waals surface area (Å²) in [4.78, 5) is 32.1. The predicted molar refractivity (Wildman–Crippen MR) is 110 cm³/mol. The second-order valence-electron chi connectivity index (χ2n) is 7.17. The lowest BCUT2D eigenvalue weighted by Crippen LogP contribution is -2.53. The average molecular weight is 398 g/mol. The molecule has 0 spiro atoms. The van der Waals surface area contributed by atoms with Crippen molar-refractivity contribution in [3.05, 3.63) is 53.7 Å². The van der Waals surface area contributed by atoms with Gasteiger partial charge in [-0.1, -0.05) is 18.2 Å². The molecule has 0 atom stereocenters. The summed E-state index contributed by atoms with van der Waals surface area (Å²) < 4.78 is 5.23. The highest BCUT2D eigenvalue weighted by Crippen LogP contribution is 2.40. The molecule has 1 fully saturated rings. The van der Waals surface area contributed by atoms with E-state index in [9.17, 15) is 9.59 Å². The molecule has 1 saturated heterocycles. The van der Waals surface area contributed by atoms with Gasteiger partial charge in [0.15, 0.2) is 0 Å². The summed E-state index contributed by atoms with van der Waals surface area (Å²) in [5.74, 6) is 2.19. The number of methoxy groups -OCH3 is 1. The van der Waals surface area contributed by atoms with Crippen LogP contribution in [0, 0.1) is 0 Å². The van der Waals surface area contributed by atoms with Crippen LogP contribution in [0.2, 0.25) is 0 Å². The number of benzene rings is 1. The van der Waals surface area contributed by atoms with Crippen LogP contribution >= 0.6 is 11.8 Å². The Labute approximate surface area is 168 Å². The highest BCUT2D eigenvalue weighted by Gasteiger charge is 2.45. The number of rotatable bonds is 5. The Balaban J connectivity index is 1.57. The van der Waals surface area contributed by atoms with E-state index in [4.69, 9.17) is 4.74 Å². The minimum atomic E-state index is -0.457. The minimum absolute atomic E-state index is 0.0364. The van der Waals surface area contributed by atoms with Crippen molar-refractivity contribution in [2.24, 2.45) is 0 Å². The number of amides is 2. The number of carbonyl (C=O) groups excluding carboxylic acids is 2. The second-order valence-corrected chi connectivity index (χ2v) is 8.40. The quantitative estimate of drug-likeness (QED) is 0.838. The number of aromatic nitrogens is 1. The predicted octanol–water partition coefficient (Wildman–Crippen LogP) is 3.34. The second kappa shape index (κ2) is 7.83. The van der Waals surface area contributed by atoms with E-state index in [1.54, 1.807) is 18.3 Å². The largest absolute Gasteiger partial charge is 0.480 e. The molecule has 146 valence electrons. The van der Waals surface area contributed by atoms with Gasteiger partial charge in [-0.2, -0.15) is 11.8 Å². The van der Waals surface area contributed by atoms with E-state index >= 15 is 0 Å². The Morgan fingerprint density at radius 3 is 2.79 bits per heavy atom. The van der Waals surface area contributed by atoms with Crippen LogP contribution in [-0.4, -0.2) is 45.9 Å². The Bertz CT molecular complexity index is 896. The zero-order valence-corrected chi connectivity index (χ0v) is 16.6. The van der Waals surface area contributed by atoms with E-state index in [0.29, 0.717) is 18.1 Å². The monoisotopic (exact) mass is 397 g/mol. The highest BCUT2D eigenvalue weighted by molar-refractivity contribution is 7.99. The molecule has 2 aliphatic heterocycles. The maximum absolute atomic E-state index is 13.1. The van der Waals surface area contributed by atoms with Crippen molar-refractivity contribution in [3.8, 4) is 5.88 Å². The minimum Gasteiger partial charge on any atom is -0.480 e. The summed E-state index contributed by atoms with van der Waals surface area (Å²) in [6, 6.07) is 11.3. The number of nitrogens with zero attached hydrogens (tertiary/aromatic N) is 2. The van der Waals surface area contributed by atoms with Gasteiger partial charge in [-0.3, -0.25) is 9.59 Å². The Kier molecular flexibility index (Phi) is 5.26. The zero-order chi connectivity index (χ0) is 19.6. The van der Waals surface area contributed by atoms with Crippen LogP contribution in [0.15, 0.2) is 42.6 Å². The van der Waals surface area contributed by atoms with Gasteiger partial charge in [-0.05, 0) is 48.1 Å². The van der Waals surface area contributed by atoms with Crippen molar-refractivity contribution in [3.63, 3.8) is 0 Å². The van der Waals surface area contributed by atoms with Crippen LogP contribution in [0.4, 0.5) is 5.69 Å². The van der Waals surface area contributed by atoms with E-state index < -0.39 is 5.54 Å². The lowest BCUT2D eigenvalue weighted by Gasteiger charge is -2.44. The molecular formula is C21H23N3O3S. The van der Waals surface area contributed by atoms with Gasteiger partial charge in [0.2, 0.25) is 11.8 Å². The van der Waals surface area contributed by atoms with Crippen LogP contribution in [0.25, 0.3) is 0 Å². The first kappa shape index (κ1) is 18.8. The molecule has 0 radical (unpaired) electrons. The molecule has 0 saturated carbocycles. The smallest absolute Gasteiger partial charge is 0.254 e. The Morgan fingerprint density at radius 2 is 2.04 bits per heavy atom. The molecule has 6 nitrogen and oxygen atoms in total. The molecule has 1 N–H and O–H groups in total. The SMILES string of the molecule is COc1ncccc1NC(=O)CC1(N2Cc3ccccc3C2=O)CCSCC1. The fourth-order valence-corrected chi connectivity index (χ4v) is 5.33. The van der Waals surface area contributed by atoms with E-state index in [1.807, 2.05) is 40.9 Å². The standard InChI is InChI=1S/C21H23N3O3S/c1-27-19-17(7-4-10-22-19)23-18(25)13-21(8-11-28-12-9-21)24-14-15-5-2-3-6-16(15)20(24)26/h2-7,10H,8-9,11-14H2,1H3,(H,23,25). The summed E-state index contributed by atoms with van der Waals surface area (Å²) in [5.41, 5.74) is 1.89. The third kappa shape index (κ3) is 3.46. The number of thioether (sulfide) groups is 1. The molecule has 7 heteroatoms. The number of ether oxygens (including phenoxy) is 1.